The third-order valence-corrected chi connectivity index (χ3v) is 1.97. The highest BCUT2D eigenvalue weighted by Crippen LogP contribution is 2.13. The summed E-state index contributed by atoms with van der Waals surface area (Å²) >= 11 is 0. The quantitative estimate of drug-likeness (QED) is 0.824. The standard InChI is InChI=1S/C13H19N3O/c1-10-5-6-11(9-15-10)16-12(17)14-8-7-13(2,3)4/h5-9H,1-4H3,(H2,14,16,17)/b8-7+. The van der Waals surface area contributed by atoms with Gasteiger partial charge in [0.15, 0.2) is 0 Å². The van der Waals surface area contributed by atoms with Crippen LogP contribution >= 0.6 is 0 Å². The van der Waals surface area contributed by atoms with E-state index in [1.54, 1.807) is 12.4 Å². The van der Waals surface area contributed by atoms with Gasteiger partial charge in [0.05, 0.1) is 11.9 Å². The van der Waals surface area contributed by atoms with Gasteiger partial charge in [0.2, 0.25) is 0 Å². The molecule has 0 bridgehead atoms. The predicted octanol–water partition coefficient (Wildman–Crippen LogP) is 3.07. The molecule has 2 N–H and O–H groups in total. The summed E-state index contributed by atoms with van der Waals surface area (Å²) in [6.45, 7) is 8.09. The summed E-state index contributed by atoms with van der Waals surface area (Å²) in [6.07, 6.45) is 5.21. The van der Waals surface area contributed by atoms with Gasteiger partial charge in [0.25, 0.3) is 0 Å². The molecule has 2 amide bonds. The predicted molar refractivity (Wildman–Crippen MR) is 69.7 cm³/mol. The van der Waals surface area contributed by atoms with Crippen LogP contribution < -0.4 is 10.6 Å². The molecule has 0 aliphatic heterocycles. The van der Waals surface area contributed by atoms with E-state index in [-0.39, 0.29) is 11.4 Å². The number of hydrogen-bond donors (Lipinski definition) is 2. The van der Waals surface area contributed by atoms with Crippen LogP contribution in [-0.4, -0.2) is 11.0 Å². The van der Waals surface area contributed by atoms with Crippen molar-refractivity contribution < 1.29 is 4.79 Å². The van der Waals surface area contributed by atoms with Crippen LogP contribution in [0.3, 0.4) is 0 Å². The highest BCUT2D eigenvalue weighted by Gasteiger charge is 2.04. The Morgan fingerprint density at radius 2 is 2.06 bits per heavy atom. The van der Waals surface area contributed by atoms with E-state index in [9.17, 15) is 4.79 Å². The summed E-state index contributed by atoms with van der Waals surface area (Å²) in [7, 11) is 0. The summed E-state index contributed by atoms with van der Waals surface area (Å²) < 4.78 is 0. The zero-order chi connectivity index (χ0) is 12.9. The molecule has 1 aromatic rings. The fraction of sp³-hybridized carbons (Fsp3) is 0.385. The number of nitrogens with zero attached hydrogens (tertiary/aromatic N) is 1. The molecule has 0 unspecified atom stereocenters. The molecular formula is C13H19N3O. The maximum atomic E-state index is 11.5. The monoisotopic (exact) mass is 233 g/mol. The number of urea groups is 1. The molecule has 0 saturated heterocycles. The van der Waals surface area contributed by atoms with Crippen molar-refractivity contribution in [3.05, 3.63) is 36.3 Å². The number of amides is 2. The van der Waals surface area contributed by atoms with Crippen LogP contribution in [0.1, 0.15) is 26.5 Å². The van der Waals surface area contributed by atoms with Crippen LogP contribution in [0, 0.1) is 12.3 Å². The summed E-state index contributed by atoms with van der Waals surface area (Å²) in [4.78, 5) is 15.6. The zero-order valence-electron chi connectivity index (χ0n) is 10.7. The average Bonchev–Trinajstić information content (AvgIpc) is 2.19. The summed E-state index contributed by atoms with van der Waals surface area (Å²) in [6, 6.07) is 3.40. The van der Waals surface area contributed by atoms with Crippen molar-refractivity contribution in [2.45, 2.75) is 27.7 Å². The second-order valence-electron chi connectivity index (χ2n) is 4.99. The van der Waals surface area contributed by atoms with Gasteiger partial charge in [-0.05, 0) is 24.5 Å². The highest BCUT2D eigenvalue weighted by molar-refractivity contribution is 5.89. The fourth-order valence-electron chi connectivity index (χ4n) is 1.08. The molecule has 92 valence electrons. The maximum Gasteiger partial charge on any atom is 0.323 e. The van der Waals surface area contributed by atoms with Crippen LogP contribution in [0.4, 0.5) is 10.5 Å². The van der Waals surface area contributed by atoms with Crippen molar-refractivity contribution >= 4 is 11.7 Å². The minimum absolute atomic E-state index is 0.0543. The van der Waals surface area contributed by atoms with E-state index >= 15 is 0 Å². The normalized spacial score (nSPS) is 11.5. The van der Waals surface area contributed by atoms with Crippen LogP contribution in [0.5, 0.6) is 0 Å². The molecule has 0 aliphatic carbocycles. The van der Waals surface area contributed by atoms with E-state index in [0.717, 1.165) is 5.69 Å². The number of nitrogens with one attached hydrogen (secondary N) is 2. The molecule has 1 heterocycles. The topological polar surface area (TPSA) is 54.0 Å². The van der Waals surface area contributed by atoms with Gasteiger partial charge in [-0.3, -0.25) is 4.98 Å². The molecule has 0 spiro atoms. The molecule has 4 nitrogen and oxygen atoms in total. The van der Waals surface area contributed by atoms with Crippen LogP contribution in [0.15, 0.2) is 30.6 Å². The van der Waals surface area contributed by atoms with Crippen molar-refractivity contribution in [1.29, 1.82) is 0 Å². The first-order chi connectivity index (χ1) is 7.87. The number of rotatable bonds is 2. The molecular weight excluding hydrogens is 214 g/mol. The fourth-order valence-corrected chi connectivity index (χ4v) is 1.08. The SMILES string of the molecule is Cc1ccc(NC(=O)N/C=C/C(C)(C)C)cn1. The molecule has 0 fully saturated rings. The summed E-state index contributed by atoms with van der Waals surface area (Å²) in [5, 5.41) is 5.34. The van der Waals surface area contributed by atoms with Gasteiger partial charge in [0.1, 0.15) is 0 Å². The van der Waals surface area contributed by atoms with E-state index in [4.69, 9.17) is 0 Å². The van der Waals surface area contributed by atoms with Gasteiger partial charge in [-0.25, -0.2) is 4.79 Å². The molecule has 0 atom stereocenters. The Morgan fingerprint density at radius 1 is 1.35 bits per heavy atom. The van der Waals surface area contributed by atoms with E-state index in [2.05, 4.69) is 36.4 Å². The van der Waals surface area contributed by atoms with E-state index in [1.165, 1.54) is 0 Å². The van der Waals surface area contributed by atoms with E-state index < -0.39 is 0 Å². The van der Waals surface area contributed by atoms with E-state index in [0.29, 0.717) is 5.69 Å². The van der Waals surface area contributed by atoms with Gasteiger partial charge in [0, 0.05) is 11.9 Å². The second-order valence-corrected chi connectivity index (χ2v) is 4.99. The third kappa shape index (κ3) is 5.70. The van der Waals surface area contributed by atoms with Gasteiger partial charge < -0.3 is 10.6 Å². The average molecular weight is 233 g/mol. The molecule has 0 saturated carbocycles. The Bertz CT molecular complexity index is 402. The maximum absolute atomic E-state index is 11.5. The van der Waals surface area contributed by atoms with Crippen molar-refractivity contribution in [3.63, 3.8) is 0 Å². The Kier molecular flexibility index (Phi) is 4.26. The smallest absolute Gasteiger partial charge is 0.315 e. The number of aromatic nitrogens is 1. The van der Waals surface area contributed by atoms with Gasteiger partial charge in [-0.15, -0.1) is 0 Å². The lowest BCUT2D eigenvalue weighted by Gasteiger charge is -2.11. The van der Waals surface area contributed by atoms with E-state index in [1.807, 2.05) is 25.1 Å². The lowest BCUT2D eigenvalue weighted by Crippen LogP contribution is -2.24. The van der Waals surface area contributed by atoms with Gasteiger partial charge in [-0.2, -0.15) is 0 Å². The summed E-state index contributed by atoms with van der Waals surface area (Å²) in [5.41, 5.74) is 1.65. The third-order valence-electron chi connectivity index (χ3n) is 1.97. The molecule has 17 heavy (non-hydrogen) atoms. The molecule has 0 aliphatic rings. The number of carbonyl (C=O) groups is 1. The lowest BCUT2D eigenvalue weighted by molar-refractivity contribution is 0.255. The van der Waals surface area contributed by atoms with Crippen molar-refractivity contribution in [3.8, 4) is 0 Å². The Labute approximate surface area is 102 Å². The number of carbonyl (C=O) groups excluding carboxylic acids is 1. The minimum atomic E-state index is -0.267. The Morgan fingerprint density at radius 3 is 2.59 bits per heavy atom. The molecule has 1 aromatic heterocycles. The van der Waals surface area contributed by atoms with Gasteiger partial charge in [-0.1, -0.05) is 26.8 Å². The largest absolute Gasteiger partial charge is 0.323 e. The number of hydrogen-bond acceptors (Lipinski definition) is 2. The van der Waals surface area contributed by atoms with Crippen molar-refractivity contribution in [2.75, 3.05) is 5.32 Å². The zero-order valence-corrected chi connectivity index (χ0v) is 10.7. The number of pyridine rings is 1. The molecule has 0 aromatic carbocycles. The first kappa shape index (κ1) is 13.2. The Hall–Kier alpha value is -1.84. The number of anilines is 1. The molecule has 0 radical (unpaired) electrons. The van der Waals surface area contributed by atoms with Crippen molar-refractivity contribution in [2.24, 2.45) is 5.41 Å². The summed E-state index contributed by atoms with van der Waals surface area (Å²) in [5.74, 6) is 0. The van der Waals surface area contributed by atoms with Crippen molar-refractivity contribution in [1.82, 2.24) is 10.3 Å². The molecule has 1 rings (SSSR count). The van der Waals surface area contributed by atoms with Crippen LogP contribution in [-0.2, 0) is 0 Å². The first-order valence-electron chi connectivity index (χ1n) is 5.55. The van der Waals surface area contributed by atoms with Crippen LogP contribution in [0.2, 0.25) is 0 Å². The minimum Gasteiger partial charge on any atom is -0.315 e. The highest BCUT2D eigenvalue weighted by atomic mass is 16.2. The lowest BCUT2D eigenvalue weighted by atomic mass is 9.97. The Balaban J connectivity index is 2.45. The van der Waals surface area contributed by atoms with Crippen LogP contribution in [0.25, 0.3) is 0 Å². The second kappa shape index (κ2) is 5.48. The molecule has 4 heteroatoms. The van der Waals surface area contributed by atoms with Gasteiger partial charge >= 0.3 is 6.03 Å². The number of aryl methyl sites for hydroxylation is 1. The number of allylic oxidation sites excluding steroid dienone is 1. The first-order valence-corrected chi connectivity index (χ1v) is 5.55.